The summed E-state index contributed by atoms with van der Waals surface area (Å²) in [7, 11) is 0. The maximum Gasteiger partial charge on any atom is 0.193 e. The van der Waals surface area contributed by atoms with Crippen molar-refractivity contribution >= 4 is 17.6 Å². The highest BCUT2D eigenvalue weighted by molar-refractivity contribution is 7.99. The van der Waals surface area contributed by atoms with Gasteiger partial charge < -0.3 is 5.32 Å². The summed E-state index contributed by atoms with van der Waals surface area (Å²) < 4.78 is 0. The average molecular weight is 275 g/mol. The lowest BCUT2D eigenvalue weighted by molar-refractivity contribution is 0.902. The van der Waals surface area contributed by atoms with Crippen LogP contribution in [0, 0.1) is 0 Å². The van der Waals surface area contributed by atoms with Gasteiger partial charge in [0.05, 0.1) is 0 Å². The maximum atomic E-state index is 4.35. The molecule has 5 nitrogen and oxygen atoms in total. The molecule has 2 rings (SSSR count). The summed E-state index contributed by atoms with van der Waals surface area (Å²) in [6.45, 7) is 5.15. The molecule has 0 bridgehead atoms. The molecule has 0 fully saturated rings. The number of anilines is 1. The third-order valence-corrected chi connectivity index (χ3v) is 3.47. The fourth-order valence-electron chi connectivity index (χ4n) is 1.62. The SMILES string of the molecule is CCCNc1ncnc(Sc2ncccn2)c1CC. The van der Waals surface area contributed by atoms with E-state index in [2.05, 4.69) is 39.1 Å². The second-order valence-corrected chi connectivity index (χ2v) is 4.88. The molecule has 0 atom stereocenters. The number of hydrogen-bond donors (Lipinski definition) is 1. The van der Waals surface area contributed by atoms with Gasteiger partial charge in [-0.3, -0.25) is 0 Å². The minimum Gasteiger partial charge on any atom is -0.370 e. The van der Waals surface area contributed by atoms with E-state index in [0.29, 0.717) is 5.16 Å². The fourth-order valence-corrected chi connectivity index (χ4v) is 2.49. The largest absolute Gasteiger partial charge is 0.370 e. The molecule has 0 unspecified atom stereocenters. The molecule has 0 aliphatic carbocycles. The summed E-state index contributed by atoms with van der Waals surface area (Å²) in [5.74, 6) is 0.915. The third kappa shape index (κ3) is 3.64. The molecule has 0 amide bonds. The second kappa shape index (κ2) is 7.04. The zero-order chi connectivity index (χ0) is 13.5. The van der Waals surface area contributed by atoms with Crippen molar-refractivity contribution in [3.8, 4) is 0 Å². The molecular weight excluding hydrogens is 258 g/mol. The van der Waals surface area contributed by atoms with E-state index >= 15 is 0 Å². The van der Waals surface area contributed by atoms with E-state index < -0.39 is 0 Å². The molecular formula is C13H17N5S. The van der Waals surface area contributed by atoms with E-state index in [4.69, 9.17) is 0 Å². The number of nitrogens with one attached hydrogen (secondary N) is 1. The molecule has 2 aromatic rings. The van der Waals surface area contributed by atoms with E-state index in [1.165, 1.54) is 11.8 Å². The Labute approximate surface area is 117 Å². The van der Waals surface area contributed by atoms with Crippen LogP contribution in [0.3, 0.4) is 0 Å². The standard InChI is InChI=1S/C13H17N5S/c1-3-6-14-11-10(4-2)12(18-9-17-11)19-13-15-7-5-8-16-13/h5,7-9H,3-4,6H2,1-2H3,(H,14,17,18). The molecule has 0 aliphatic heterocycles. The van der Waals surface area contributed by atoms with E-state index in [1.807, 2.05) is 0 Å². The van der Waals surface area contributed by atoms with Crippen molar-refractivity contribution < 1.29 is 0 Å². The number of nitrogens with zero attached hydrogens (tertiary/aromatic N) is 4. The normalized spacial score (nSPS) is 10.4. The lowest BCUT2D eigenvalue weighted by Crippen LogP contribution is -2.07. The van der Waals surface area contributed by atoms with E-state index in [1.54, 1.807) is 24.8 Å². The highest BCUT2D eigenvalue weighted by Gasteiger charge is 2.11. The maximum absolute atomic E-state index is 4.35. The van der Waals surface area contributed by atoms with E-state index in [-0.39, 0.29) is 0 Å². The molecule has 0 radical (unpaired) electrons. The first-order chi connectivity index (χ1) is 9.35. The lowest BCUT2D eigenvalue weighted by Gasteiger charge is -2.11. The predicted molar refractivity (Wildman–Crippen MR) is 76.3 cm³/mol. The van der Waals surface area contributed by atoms with E-state index in [9.17, 15) is 0 Å². The number of hydrogen-bond acceptors (Lipinski definition) is 6. The minimum atomic E-state index is 0.706. The lowest BCUT2D eigenvalue weighted by atomic mass is 10.2. The van der Waals surface area contributed by atoms with Gasteiger partial charge in [-0.2, -0.15) is 0 Å². The molecule has 6 heteroatoms. The van der Waals surface area contributed by atoms with Crippen LogP contribution in [0.5, 0.6) is 0 Å². The zero-order valence-electron chi connectivity index (χ0n) is 11.1. The summed E-state index contributed by atoms with van der Waals surface area (Å²) in [4.78, 5) is 17.1. The smallest absolute Gasteiger partial charge is 0.193 e. The van der Waals surface area contributed by atoms with Crippen LogP contribution in [0.25, 0.3) is 0 Å². The minimum absolute atomic E-state index is 0.706. The molecule has 100 valence electrons. The molecule has 0 saturated heterocycles. The summed E-state index contributed by atoms with van der Waals surface area (Å²) >= 11 is 1.47. The van der Waals surface area contributed by atoms with Crippen LogP contribution in [-0.4, -0.2) is 26.5 Å². The van der Waals surface area contributed by atoms with Gasteiger partial charge in [0, 0.05) is 24.5 Å². The molecule has 19 heavy (non-hydrogen) atoms. The fraction of sp³-hybridized carbons (Fsp3) is 0.385. The van der Waals surface area contributed by atoms with Crippen molar-refractivity contribution in [3.05, 3.63) is 30.4 Å². The van der Waals surface area contributed by atoms with Gasteiger partial charge in [0.2, 0.25) is 0 Å². The van der Waals surface area contributed by atoms with Crippen molar-refractivity contribution in [2.45, 2.75) is 36.9 Å². The van der Waals surface area contributed by atoms with Crippen molar-refractivity contribution in [2.24, 2.45) is 0 Å². The molecule has 0 aliphatic rings. The first-order valence-corrected chi connectivity index (χ1v) is 7.19. The molecule has 0 saturated carbocycles. The molecule has 1 N–H and O–H groups in total. The Morgan fingerprint density at radius 2 is 1.89 bits per heavy atom. The van der Waals surface area contributed by atoms with Gasteiger partial charge >= 0.3 is 0 Å². The van der Waals surface area contributed by atoms with Crippen LogP contribution in [0.1, 0.15) is 25.8 Å². The topological polar surface area (TPSA) is 63.6 Å². The number of aromatic nitrogens is 4. The summed E-state index contributed by atoms with van der Waals surface area (Å²) in [5, 5.41) is 4.96. The van der Waals surface area contributed by atoms with Gasteiger partial charge in [-0.05, 0) is 30.7 Å². The quantitative estimate of drug-likeness (QED) is 0.646. The third-order valence-electron chi connectivity index (χ3n) is 2.53. The van der Waals surface area contributed by atoms with Gasteiger partial charge in [-0.15, -0.1) is 0 Å². The van der Waals surface area contributed by atoms with Crippen molar-refractivity contribution in [3.63, 3.8) is 0 Å². The first-order valence-electron chi connectivity index (χ1n) is 6.37. The Morgan fingerprint density at radius 1 is 1.11 bits per heavy atom. The highest BCUT2D eigenvalue weighted by atomic mass is 32.2. The predicted octanol–water partition coefficient (Wildman–Crippen LogP) is 2.80. The summed E-state index contributed by atoms with van der Waals surface area (Å²) in [6.07, 6.45) is 7.00. The molecule has 2 heterocycles. The van der Waals surface area contributed by atoms with Gasteiger partial charge in [0.1, 0.15) is 17.2 Å². The monoisotopic (exact) mass is 275 g/mol. The summed E-state index contributed by atoms with van der Waals surface area (Å²) in [6, 6.07) is 1.80. The van der Waals surface area contributed by atoms with Crippen LogP contribution >= 0.6 is 11.8 Å². The van der Waals surface area contributed by atoms with Gasteiger partial charge in [0.15, 0.2) is 5.16 Å². The van der Waals surface area contributed by atoms with Gasteiger partial charge in [-0.1, -0.05) is 13.8 Å². The first kappa shape index (κ1) is 13.7. The average Bonchev–Trinajstić information content (AvgIpc) is 2.46. The van der Waals surface area contributed by atoms with Crippen molar-refractivity contribution in [1.82, 2.24) is 19.9 Å². The van der Waals surface area contributed by atoms with Gasteiger partial charge in [0.25, 0.3) is 0 Å². The van der Waals surface area contributed by atoms with Crippen molar-refractivity contribution in [2.75, 3.05) is 11.9 Å². The van der Waals surface area contributed by atoms with Crippen LogP contribution in [0.2, 0.25) is 0 Å². The molecule has 0 aromatic carbocycles. The Morgan fingerprint density at radius 3 is 2.58 bits per heavy atom. The van der Waals surface area contributed by atoms with E-state index in [0.717, 1.165) is 35.8 Å². The Hall–Kier alpha value is -1.69. The second-order valence-electron chi connectivity index (χ2n) is 3.92. The number of rotatable bonds is 6. The Kier molecular flexibility index (Phi) is 5.09. The summed E-state index contributed by atoms with van der Waals surface area (Å²) in [5.41, 5.74) is 1.12. The highest BCUT2D eigenvalue weighted by Crippen LogP contribution is 2.29. The Balaban J connectivity index is 2.24. The van der Waals surface area contributed by atoms with Crippen molar-refractivity contribution in [1.29, 1.82) is 0 Å². The van der Waals surface area contributed by atoms with Crippen LogP contribution in [0.15, 0.2) is 35.0 Å². The zero-order valence-corrected chi connectivity index (χ0v) is 11.9. The molecule has 0 spiro atoms. The molecule has 2 aromatic heterocycles. The van der Waals surface area contributed by atoms with Gasteiger partial charge in [-0.25, -0.2) is 19.9 Å². The Bertz CT molecular complexity index is 518. The van der Waals surface area contributed by atoms with Crippen LogP contribution in [-0.2, 0) is 6.42 Å². The van der Waals surface area contributed by atoms with Crippen LogP contribution in [0.4, 0.5) is 5.82 Å². The van der Waals surface area contributed by atoms with Crippen LogP contribution < -0.4 is 5.32 Å².